The maximum absolute atomic E-state index is 5.51. The summed E-state index contributed by atoms with van der Waals surface area (Å²) < 4.78 is 2.33. The van der Waals surface area contributed by atoms with Crippen molar-refractivity contribution in [2.45, 2.75) is 52.0 Å². The van der Waals surface area contributed by atoms with Gasteiger partial charge in [-0.3, -0.25) is 4.98 Å². The van der Waals surface area contributed by atoms with Gasteiger partial charge in [0.25, 0.3) is 0 Å². The van der Waals surface area contributed by atoms with E-state index in [1.165, 1.54) is 30.6 Å². The number of aryl methyl sites for hydroxylation is 1. The first-order chi connectivity index (χ1) is 9.24. The van der Waals surface area contributed by atoms with E-state index in [0.717, 1.165) is 24.9 Å². The van der Waals surface area contributed by atoms with Gasteiger partial charge in [-0.05, 0) is 39.3 Å². The molecule has 0 saturated carbocycles. The number of unbranched alkanes of at least 4 members (excludes halogenated alkanes) is 3. The Morgan fingerprint density at radius 3 is 2.74 bits per heavy atom. The monoisotopic (exact) mass is 260 g/mol. The maximum Gasteiger partial charge on any atom is 0.110 e. The molecule has 0 amide bonds. The van der Waals surface area contributed by atoms with E-state index < -0.39 is 0 Å². The second kappa shape index (κ2) is 6.66. The molecule has 0 fully saturated rings. The third-order valence-electron chi connectivity index (χ3n) is 3.44. The summed E-state index contributed by atoms with van der Waals surface area (Å²) >= 11 is 0. The molecule has 2 heterocycles. The summed E-state index contributed by atoms with van der Waals surface area (Å²) in [5, 5.41) is 0. The van der Waals surface area contributed by atoms with Crippen LogP contribution in [0.4, 0.5) is 0 Å². The van der Waals surface area contributed by atoms with Crippen LogP contribution in [-0.2, 0) is 6.42 Å². The highest BCUT2D eigenvalue weighted by Gasteiger charge is 2.12. The van der Waals surface area contributed by atoms with Crippen molar-refractivity contribution in [3.05, 3.63) is 24.3 Å². The zero-order valence-corrected chi connectivity index (χ0v) is 12.0. The number of aromatic nitrogens is 3. The van der Waals surface area contributed by atoms with Gasteiger partial charge in [-0.1, -0.05) is 12.8 Å². The minimum Gasteiger partial charge on any atom is -0.330 e. The van der Waals surface area contributed by atoms with E-state index in [-0.39, 0.29) is 0 Å². The molecule has 2 rings (SSSR count). The van der Waals surface area contributed by atoms with Gasteiger partial charge in [0, 0.05) is 18.7 Å². The van der Waals surface area contributed by atoms with E-state index in [4.69, 9.17) is 10.7 Å². The number of nitrogens with two attached hydrogens (primary N) is 1. The number of hydrogen-bond acceptors (Lipinski definition) is 3. The minimum absolute atomic E-state index is 0.437. The maximum atomic E-state index is 5.51. The number of rotatable bonds is 7. The fourth-order valence-corrected chi connectivity index (χ4v) is 2.53. The number of pyridine rings is 1. The number of hydrogen-bond donors (Lipinski definition) is 1. The van der Waals surface area contributed by atoms with Crippen molar-refractivity contribution in [2.75, 3.05) is 6.54 Å². The molecule has 2 aromatic rings. The van der Waals surface area contributed by atoms with Gasteiger partial charge in [0.15, 0.2) is 0 Å². The molecule has 0 radical (unpaired) electrons. The first kappa shape index (κ1) is 14.0. The van der Waals surface area contributed by atoms with Crippen molar-refractivity contribution in [3.8, 4) is 0 Å². The van der Waals surface area contributed by atoms with Crippen molar-refractivity contribution >= 4 is 11.0 Å². The lowest BCUT2D eigenvalue weighted by molar-refractivity contribution is 0.561. The van der Waals surface area contributed by atoms with Crippen molar-refractivity contribution < 1.29 is 0 Å². The van der Waals surface area contributed by atoms with Gasteiger partial charge in [-0.2, -0.15) is 0 Å². The Labute approximate surface area is 115 Å². The second-order valence-electron chi connectivity index (χ2n) is 5.31. The highest BCUT2D eigenvalue weighted by molar-refractivity contribution is 5.74. The Hall–Kier alpha value is -1.42. The summed E-state index contributed by atoms with van der Waals surface area (Å²) in [7, 11) is 0. The molecule has 0 saturated heterocycles. The van der Waals surface area contributed by atoms with E-state index in [0.29, 0.717) is 6.04 Å². The normalized spacial score (nSPS) is 11.6. The Balaban J connectivity index is 2.11. The summed E-state index contributed by atoms with van der Waals surface area (Å²) in [4.78, 5) is 8.89. The lowest BCUT2D eigenvalue weighted by Crippen LogP contribution is -2.06. The van der Waals surface area contributed by atoms with Gasteiger partial charge in [0.1, 0.15) is 11.3 Å². The van der Waals surface area contributed by atoms with Crippen LogP contribution in [0.2, 0.25) is 0 Å². The minimum atomic E-state index is 0.437. The molecule has 0 aromatic carbocycles. The third-order valence-corrected chi connectivity index (χ3v) is 3.44. The summed E-state index contributed by atoms with van der Waals surface area (Å²) in [5.74, 6) is 1.19. The fourth-order valence-electron chi connectivity index (χ4n) is 2.53. The Morgan fingerprint density at radius 2 is 2.00 bits per heavy atom. The zero-order valence-electron chi connectivity index (χ0n) is 12.0. The van der Waals surface area contributed by atoms with E-state index in [1.807, 2.05) is 12.4 Å². The molecule has 4 heteroatoms. The molecular formula is C15H24N4. The van der Waals surface area contributed by atoms with Crippen LogP contribution in [-0.4, -0.2) is 21.1 Å². The van der Waals surface area contributed by atoms with Gasteiger partial charge in [0.05, 0.1) is 11.7 Å². The molecule has 19 heavy (non-hydrogen) atoms. The zero-order chi connectivity index (χ0) is 13.7. The second-order valence-corrected chi connectivity index (χ2v) is 5.31. The molecule has 4 nitrogen and oxygen atoms in total. The van der Waals surface area contributed by atoms with Gasteiger partial charge < -0.3 is 10.3 Å². The molecule has 2 aromatic heterocycles. The van der Waals surface area contributed by atoms with Crippen molar-refractivity contribution in [1.29, 1.82) is 0 Å². The average Bonchev–Trinajstić information content (AvgIpc) is 2.76. The summed E-state index contributed by atoms with van der Waals surface area (Å²) in [5.41, 5.74) is 7.72. The van der Waals surface area contributed by atoms with Crippen LogP contribution < -0.4 is 5.73 Å². The van der Waals surface area contributed by atoms with E-state index in [2.05, 4.69) is 29.5 Å². The topological polar surface area (TPSA) is 56.7 Å². The standard InChI is InChI=1S/C15H24N4/c1-12(2)19-14-8-10-17-11-13(14)18-15(19)7-5-3-4-6-9-16/h8,10-12H,3-7,9,16H2,1-2H3. The van der Waals surface area contributed by atoms with Crippen LogP contribution in [0, 0.1) is 0 Å². The van der Waals surface area contributed by atoms with Crippen molar-refractivity contribution in [2.24, 2.45) is 5.73 Å². The van der Waals surface area contributed by atoms with Crippen molar-refractivity contribution in [1.82, 2.24) is 14.5 Å². The molecule has 104 valence electrons. The van der Waals surface area contributed by atoms with Crippen LogP contribution in [0.1, 0.15) is 51.4 Å². The fraction of sp³-hybridized carbons (Fsp3) is 0.600. The first-order valence-electron chi connectivity index (χ1n) is 7.25. The molecule has 2 N–H and O–H groups in total. The Kier molecular flexibility index (Phi) is 4.91. The molecule has 0 atom stereocenters. The van der Waals surface area contributed by atoms with E-state index in [9.17, 15) is 0 Å². The SMILES string of the molecule is CC(C)n1c(CCCCCCN)nc2cnccc21. The third kappa shape index (κ3) is 3.32. The predicted octanol–water partition coefficient (Wildman–Crippen LogP) is 3.07. The van der Waals surface area contributed by atoms with Crippen LogP contribution in [0.3, 0.4) is 0 Å². The average molecular weight is 260 g/mol. The lowest BCUT2D eigenvalue weighted by atomic mass is 10.1. The molecule has 0 aliphatic rings. The molecule has 0 unspecified atom stereocenters. The van der Waals surface area contributed by atoms with Crippen molar-refractivity contribution in [3.63, 3.8) is 0 Å². The molecule has 0 aliphatic carbocycles. The van der Waals surface area contributed by atoms with Crippen LogP contribution in [0.25, 0.3) is 11.0 Å². The molecule has 0 bridgehead atoms. The number of imidazole rings is 1. The van der Waals surface area contributed by atoms with Gasteiger partial charge >= 0.3 is 0 Å². The molecular weight excluding hydrogens is 236 g/mol. The highest BCUT2D eigenvalue weighted by Crippen LogP contribution is 2.21. The van der Waals surface area contributed by atoms with Crippen LogP contribution in [0.5, 0.6) is 0 Å². The largest absolute Gasteiger partial charge is 0.330 e. The molecule has 0 aliphatic heterocycles. The van der Waals surface area contributed by atoms with Gasteiger partial charge in [-0.25, -0.2) is 4.98 Å². The van der Waals surface area contributed by atoms with Gasteiger partial charge in [0.2, 0.25) is 0 Å². The first-order valence-corrected chi connectivity index (χ1v) is 7.25. The summed E-state index contributed by atoms with van der Waals surface area (Å²) in [6.45, 7) is 5.22. The quantitative estimate of drug-likeness (QED) is 0.778. The highest BCUT2D eigenvalue weighted by atomic mass is 15.1. The van der Waals surface area contributed by atoms with Gasteiger partial charge in [-0.15, -0.1) is 0 Å². The lowest BCUT2D eigenvalue weighted by Gasteiger charge is -2.12. The van der Waals surface area contributed by atoms with Crippen LogP contribution in [0.15, 0.2) is 18.5 Å². The van der Waals surface area contributed by atoms with E-state index >= 15 is 0 Å². The summed E-state index contributed by atoms with van der Waals surface area (Å²) in [6.07, 6.45) is 9.50. The Bertz CT molecular complexity index is 516. The smallest absolute Gasteiger partial charge is 0.110 e. The molecule has 0 spiro atoms. The van der Waals surface area contributed by atoms with E-state index in [1.54, 1.807) is 0 Å². The van der Waals surface area contributed by atoms with Crippen LogP contribution >= 0.6 is 0 Å². The number of nitrogens with zero attached hydrogens (tertiary/aromatic N) is 3. The predicted molar refractivity (Wildman–Crippen MR) is 79.1 cm³/mol. The number of fused-ring (bicyclic) bond motifs is 1. The Morgan fingerprint density at radius 1 is 1.21 bits per heavy atom. The summed E-state index contributed by atoms with van der Waals surface area (Å²) in [6, 6.07) is 2.49.